The molecule has 1 unspecified atom stereocenters. The summed E-state index contributed by atoms with van der Waals surface area (Å²) in [4.78, 5) is 4.77. The molecule has 0 amide bonds. The highest BCUT2D eigenvalue weighted by atomic mass is 16.4. The Hall–Kier alpha value is -1.78. The molecule has 4 heteroatoms. The normalized spacial score (nSPS) is 18.3. The fourth-order valence-electron chi connectivity index (χ4n) is 3.22. The Balaban J connectivity index is 1.49. The van der Waals surface area contributed by atoms with E-state index in [1.807, 2.05) is 12.1 Å². The molecule has 1 atom stereocenters. The van der Waals surface area contributed by atoms with Crippen LogP contribution in [-0.2, 0) is 13.2 Å². The second-order valence-corrected chi connectivity index (χ2v) is 6.16. The molecule has 1 aromatic heterocycles. The van der Waals surface area contributed by atoms with E-state index in [0.717, 1.165) is 31.9 Å². The van der Waals surface area contributed by atoms with Crippen molar-refractivity contribution in [3.05, 3.63) is 54.0 Å². The smallest absolute Gasteiger partial charge is 0.129 e. The highest BCUT2D eigenvalue weighted by Crippen LogP contribution is 2.24. The van der Waals surface area contributed by atoms with Crippen molar-refractivity contribution in [1.82, 2.24) is 4.90 Å². The van der Waals surface area contributed by atoms with Gasteiger partial charge in [0.15, 0.2) is 0 Å². The minimum atomic E-state index is -0.0294. The highest BCUT2D eigenvalue weighted by molar-refractivity contribution is 5.46. The molecule has 4 nitrogen and oxygen atoms in total. The van der Waals surface area contributed by atoms with Crippen LogP contribution in [0.2, 0.25) is 0 Å². The topological polar surface area (TPSA) is 39.9 Å². The molecule has 1 aliphatic rings. The van der Waals surface area contributed by atoms with Gasteiger partial charge in [-0.2, -0.15) is 0 Å². The van der Waals surface area contributed by atoms with Crippen molar-refractivity contribution in [2.75, 3.05) is 31.6 Å². The van der Waals surface area contributed by atoms with Crippen molar-refractivity contribution in [2.24, 2.45) is 5.92 Å². The summed E-state index contributed by atoms with van der Waals surface area (Å²) < 4.78 is 5.56. The number of anilines is 1. The van der Waals surface area contributed by atoms with E-state index >= 15 is 0 Å². The molecule has 0 spiro atoms. The van der Waals surface area contributed by atoms with Crippen molar-refractivity contribution < 1.29 is 9.52 Å². The first-order chi connectivity index (χ1) is 10.7. The lowest BCUT2D eigenvalue weighted by Gasteiger charge is -2.21. The van der Waals surface area contributed by atoms with E-state index in [-0.39, 0.29) is 6.61 Å². The molecule has 1 fully saturated rings. The van der Waals surface area contributed by atoms with Crippen LogP contribution in [0.15, 0.2) is 46.9 Å². The average Bonchev–Trinajstić information content (AvgIpc) is 3.17. The van der Waals surface area contributed by atoms with Crippen molar-refractivity contribution in [1.29, 1.82) is 0 Å². The van der Waals surface area contributed by atoms with Gasteiger partial charge in [-0.3, -0.25) is 4.90 Å². The van der Waals surface area contributed by atoms with Gasteiger partial charge in [-0.15, -0.1) is 0 Å². The van der Waals surface area contributed by atoms with Gasteiger partial charge in [-0.25, -0.2) is 0 Å². The third kappa shape index (κ3) is 3.70. The SMILES string of the molecule is CN(Cc1ccc(CO)o1)CC1CCN(c2ccccc2)C1. The number of aliphatic hydroxyl groups is 1. The molecular weight excluding hydrogens is 276 g/mol. The van der Waals surface area contributed by atoms with Crippen LogP contribution < -0.4 is 4.90 Å². The van der Waals surface area contributed by atoms with E-state index in [9.17, 15) is 0 Å². The second kappa shape index (κ2) is 6.99. The maximum Gasteiger partial charge on any atom is 0.129 e. The molecule has 118 valence electrons. The van der Waals surface area contributed by atoms with Gasteiger partial charge >= 0.3 is 0 Å². The van der Waals surface area contributed by atoms with Crippen molar-refractivity contribution in [3.8, 4) is 0 Å². The summed E-state index contributed by atoms with van der Waals surface area (Å²) in [7, 11) is 2.13. The quantitative estimate of drug-likeness (QED) is 0.890. The Morgan fingerprint density at radius 1 is 1.18 bits per heavy atom. The summed E-state index contributed by atoms with van der Waals surface area (Å²) in [5, 5.41) is 9.04. The largest absolute Gasteiger partial charge is 0.462 e. The molecule has 1 aromatic carbocycles. The molecule has 0 saturated carbocycles. The molecule has 1 aliphatic heterocycles. The molecule has 2 aromatic rings. The molecule has 0 bridgehead atoms. The van der Waals surface area contributed by atoms with Crippen LogP contribution in [0.25, 0.3) is 0 Å². The van der Waals surface area contributed by atoms with Crippen LogP contribution in [0, 0.1) is 5.92 Å². The number of hydrogen-bond donors (Lipinski definition) is 1. The lowest BCUT2D eigenvalue weighted by Crippen LogP contribution is -2.27. The van der Waals surface area contributed by atoms with Gasteiger partial charge in [0.1, 0.15) is 18.1 Å². The van der Waals surface area contributed by atoms with Gasteiger partial charge in [-0.05, 0) is 43.7 Å². The lowest BCUT2D eigenvalue weighted by atomic mass is 10.1. The van der Waals surface area contributed by atoms with Gasteiger partial charge in [0.05, 0.1) is 6.54 Å². The zero-order valence-corrected chi connectivity index (χ0v) is 13.1. The van der Waals surface area contributed by atoms with Crippen LogP contribution in [0.3, 0.4) is 0 Å². The molecule has 0 radical (unpaired) electrons. The zero-order valence-electron chi connectivity index (χ0n) is 13.1. The van der Waals surface area contributed by atoms with Gasteiger partial charge in [0.2, 0.25) is 0 Å². The van der Waals surface area contributed by atoms with E-state index in [1.165, 1.54) is 12.1 Å². The van der Waals surface area contributed by atoms with E-state index in [2.05, 4.69) is 47.2 Å². The van der Waals surface area contributed by atoms with Crippen molar-refractivity contribution in [2.45, 2.75) is 19.6 Å². The standard InChI is InChI=1S/C18H24N2O2/c1-19(13-17-7-8-18(14-21)22-17)11-15-9-10-20(12-15)16-5-3-2-4-6-16/h2-8,15,21H,9-14H2,1H3. The van der Waals surface area contributed by atoms with Gasteiger partial charge < -0.3 is 14.4 Å². The van der Waals surface area contributed by atoms with Crippen LogP contribution in [0.5, 0.6) is 0 Å². The van der Waals surface area contributed by atoms with Gasteiger partial charge in [0.25, 0.3) is 0 Å². The maximum atomic E-state index is 9.04. The number of nitrogens with zero attached hydrogens (tertiary/aromatic N) is 2. The Kier molecular flexibility index (Phi) is 4.80. The minimum absolute atomic E-state index is 0.0294. The first kappa shape index (κ1) is 15.1. The summed E-state index contributed by atoms with van der Waals surface area (Å²) in [5.41, 5.74) is 1.33. The summed E-state index contributed by atoms with van der Waals surface area (Å²) in [5.74, 6) is 2.25. The summed E-state index contributed by atoms with van der Waals surface area (Å²) in [6.07, 6.45) is 1.24. The fraction of sp³-hybridized carbons (Fsp3) is 0.444. The number of hydrogen-bond acceptors (Lipinski definition) is 4. The predicted molar refractivity (Wildman–Crippen MR) is 87.7 cm³/mol. The van der Waals surface area contributed by atoms with Crippen LogP contribution in [-0.4, -0.2) is 36.7 Å². The predicted octanol–water partition coefficient (Wildman–Crippen LogP) is 2.73. The lowest BCUT2D eigenvalue weighted by molar-refractivity contribution is 0.225. The zero-order chi connectivity index (χ0) is 15.4. The van der Waals surface area contributed by atoms with E-state index in [1.54, 1.807) is 0 Å². The molecule has 1 saturated heterocycles. The number of rotatable bonds is 6. The molecule has 3 rings (SSSR count). The average molecular weight is 300 g/mol. The third-order valence-electron chi connectivity index (χ3n) is 4.28. The van der Waals surface area contributed by atoms with E-state index in [4.69, 9.17) is 9.52 Å². The number of furan rings is 1. The van der Waals surface area contributed by atoms with Crippen molar-refractivity contribution in [3.63, 3.8) is 0 Å². The Labute approximate surface area is 132 Å². The maximum absolute atomic E-state index is 9.04. The van der Waals surface area contributed by atoms with Gasteiger partial charge in [0, 0.05) is 25.3 Å². The van der Waals surface area contributed by atoms with Gasteiger partial charge in [-0.1, -0.05) is 18.2 Å². The summed E-state index contributed by atoms with van der Waals surface area (Å²) >= 11 is 0. The molecule has 1 N–H and O–H groups in total. The van der Waals surface area contributed by atoms with E-state index in [0.29, 0.717) is 11.7 Å². The minimum Gasteiger partial charge on any atom is -0.462 e. The number of benzene rings is 1. The monoisotopic (exact) mass is 300 g/mol. The van der Waals surface area contributed by atoms with Crippen LogP contribution >= 0.6 is 0 Å². The van der Waals surface area contributed by atoms with E-state index < -0.39 is 0 Å². The highest BCUT2D eigenvalue weighted by Gasteiger charge is 2.23. The number of para-hydroxylation sites is 1. The Bertz CT molecular complexity index is 582. The van der Waals surface area contributed by atoms with Crippen LogP contribution in [0.4, 0.5) is 5.69 Å². The Morgan fingerprint density at radius 2 is 1.95 bits per heavy atom. The first-order valence-electron chi connectivity index (χ1n) is 7.91. The third-order valence-corrected chi connectivity index (χ3v) is 4.28. The Morgan fingerprint density at radius 3 is 2.68 bits per heavy atom. The molecule has 0 aliphatic carbocycles. The molecular formula is C18H24N2O2. The first-order valence-corrected chi connectivity index (χ1v) is 7.91. The second-order valence-electron chi connectivity index (χ2n) is 6.16. The molecule has 22 heavy (non-hydrogen) atoms. The summed E-state index contributed by atoms with van der Waals surface area (Å²) in [6.45, 7) is 4.09. The molecule has 2 heterocycles. The summed E-state index contributed by atoms with van der Waals surface area (Å²) in [6, 6.07) is 14.4. The fourth-order valence-corrected chi connectivity index (χ4v) is 3.22. The van der Waals surface area contributed by atoms with Crippen LogP contribution in [0.1, 0.15) is 17.9 Å². The van der Waals surface area contributed by atoms with Crippen molar-refractivity contribution >= 4 is 5.69 Å². The number of aliphatic hydroxyl groups excluding tert-OH is 1.